The summed E-state index contributed by atoms with van der Waals surface area (Å²) in [5.41, 5.74) is 4.10. The summed E-state index contributed by atoms with van der Waals surface area (Å²) < 4.78 is 6.05. The van der Waals surface area contributed by atoms with Gasteiger partial charge in [0, 0.05) is 43.9 Å². The number of carbonyl (C=O) groups is 1. The van der Waals surface area contributed by atoms with Gasteiger partial charge in [-0.05, 0) is 36.2 Å². The number of nitrogens with zero attached hydrogens (tertiary/aromatic N) is 4. The van der Waals surface area contributed by atoms with Crippen molar-refractivity contribution in [2.45, 2.75) is 13.0 Å². The Hall–Kier alpha value is -4.21. The van der Waals surface area contributed by atoms with Gasteiger partial charge in [-0.1, -0.05) is 54.6 Å². The van der Waals surface area contributed by atoms with Gasteiger partial charge in [-0.15, -0.1) is 0 Å². The number of oxazole rings is 1. The molecule has 1 aliphatic heterocycles. The van der Waals surface area contributed by atoms with Gasteiger partial charge in [-0.2, -0.15) is 5.26 Å². The molecular weight excluding hydrogens is 436 g/mol. The zero-order chi connectivity index (χ0) is 24.0. The van der Waals surface area contributed by atoms with Crippen molar-refractivity contribution in [1.29, 1.82) is 5.26 Å². The van der Waals surface area contributed by atoms with Crippen LogP contribution in [0.2, 0.25) is 0 Å². The van der Waals surface area contributed by atoms with Crippen LogP contribution in [0.25, 0.3) is 22.8 Å². The fourth-order valence-corrected chi connectivity index (χ4v) is 4.44. The molecule has 2 heterocycles. The number of hydrogen-bond acceptors (Lipinski definition) is 5. The molecule has 0 radical (unpaired) electrons. The first-order valence-electron chi connectivity index (χ1n) is 11.8. The zero-order valence-electron chi connectivity index (χ0n) is 19.4. The second-order valence-corrected chi connectivity index (χ2v) is 8.67. The second kappa shape index (κ2) is 10.4. The number of carbonyl (C=O) groups excluding carboxylic acids is 1. The molecule has 3 aromatic carbocycles. The maximum Gasteiger partial charge on any atom is 0.254 e. The first kappa shape index (κ1) is 22.6. The number of hydrogen-bond donors (Lipinski definition) is 0. The fourth-order valence-electron chi connectivity index (χ4n) is 4.44. The van der Waals surface area contributed by atoms with Gasteiger partial charge in [-0.3, -0.25) is 9.69 Å². The molecule has 0 unspecified atom stereocenters. The molecule has 6 heteroatoms. The average Bonchev–Trinajstić information content (AvgIpc) is 3.30. The third-order valence-corrected chi connectivity index (χ3v) is 6.32. The van der Waals surface area contributed by atoms with E-state index < -0.39 is 0 Å². The summed E-state index contributed by atoms with van der Waals surface area (Å²) in [6.07, 6.45) is 2.61. The van der Waals surface area contributed by atoms with Crippen LogP contribution >= 0.6 is 0 Å². The third kappa shape index (κ3) is 5.16. The topological polar surface area (TPSA) is 73.4 Å². The minimum absolute atomic E-state index is 0.000263. The highest BCUT2D eigenvalue weighted by Crippen LogP contribution is 2.29. The standard InChI is InChI=1S/C29H26N4O2/c30-19-22-11-13-23(14-12-22)21-32-15-6-16-33(18-17-32)29(34)26-10-5-4-9-25(26)28-31-20-27(35-28)24-7-2-1-3-8-24/h1-5,7-14,20H,6,15-18,21H2. The molecule has 1 amide bonds. The Kier molecular flexibility index (Phi) is 6.69. The van der Waals surface area contributed by atoms with Gasteiger partial charge < -0.3 is 9.32 Å². The molecule has 4 aromatic rings. The van der Waals surface area contributed by atoms with Crippen LogP contribution in [0.5, 0.6) is 0 Å². The van der Waals surface area contributed by atoms with Crippen LogP contribution in [0, 0.1) is 11.3 Å². The minimum Gasteiger partial charge on any atom is -0.436 e. The van der Waals surface area contributed by atoms with E-state index in [0.717, 1.165) is 31.6 Å². The Bertz CT molecular complexity index is 1340. The summed E-state index contributed by atoms with van der Waals surface area (Å²) >= 11 is 0. The molecule has 1 aliphatic rings. The maximum absolute atomic E-state index is 13.6. The molecule has 5 rings (SSSR count). The van der Waals surface area contributed by atoms with Gasteiger partial charge in [0.1, 0.15) is 0 Å². The largest absolute Gasteiger partial charge is 0.436 e. The van der Waals surface area contributed by atoms with Gasteiger partial charge in [0.15, 0.2) is 5.76 Å². The molecule has 0 bridgehead atoms. The van der Waals surface area contributed by atoms with Crippen molar-refractivity contribution in [3.05, 3.63) is 102 Å². The van der Waals surface area contributed by atoms with Crippen molar-refractivity contribution >= 4 is 5.91 Å². The van der Waals surface area contributed by atoms with E-state index >= 15 is 0 Å². The van der Waals surface area contributed by atoms with Crippen LogP contribution in [-0.2, 0) is 6.54 Å². The van der Waals surface area contributed by atoms with E-state index in [2.05, 4.69) is 16.0 Å². The number of aromatic nitrogens is 1. The molecular formula is C29H26N4O2. The van der Waals surface area contributed by atoms with Crippen LogP contribution < -0.4 is 0 Å². The molecule has 0 atom stereocenters. The highest BCUT2D eigenvalue weighted by atomic mass is 16.4. The van der Waals surface area contributed by atoms with E-state index in [9.17, 15) is 4.79 Å². The molecule has 1 saturated heterocycles. The highest BCUT2D eigenvalue weighted by Gasteiger charge is 2.24. The SMILES string of the molecule is N#Cc1ccc(CN2CCCN(C(=O)c3ccccc3-c3ncc(-c4ccccc4)o3)CC2)cc1. The van der Waals surface area contributed by atoms with Crippen molar-refractivity contribution < 1.29 is 9.21 Å². The number of amides is 1. The fraction of sp³-hybridized carbons (Fsp3) is 0.207. The summed E-state index contributed by atoms with van der Waals surface area (Å²) in [4.78, 5) is 22.3. The van der Waals surface area contributed by atoms with Gasteiger partial charge in [-0.25, -0.2) is 4.98 Å². The van der Waals surface area contributed by atoms with Crippen molar-refractivity contribution in [2.75, 3.05) is 26.2 Å². The average molecular weight is 463 g/mol. The number of benzene rings is 3. The predicted molar refractivity (Wildman–Crippen MR) is 134 cm³/mol. The molecule has 1 aromatic heterocycles. The lowest BCUT2D eigenvalue weighted by molar-refractivity contribution is 0.0761. The Balaban J connectivity index is 1.29. The van der Waals surface area contributed by atoms with E-state index in [0.29, 0.717) is 41.4 Å². The van der Waals surface area contributed by atoms with Crippen LogP contribution in [0.1, 0.15) is 27.9 Å². The second-order valence-electron chi connectivity index (χ2n) is 8.67. The lowest BCUT2D eigenvalue weighted by Crippen LogP contribution is -2.35. The van der Waals surface area contributed by atoms with Crippen LogP contribution in [0.15, 0.2) is 89.5 Å². The molecule has 174 valence electrons. The lowest BCUT2D eigenvalue weighted by atomic mass is 10.1. The van der Waals surface area contributed by atoms with Crippen molar-refractivity contribution in [2.24, 2.45) is 0 Å². The summed E-state index contributed by atoms with van der Waals surface area (Å²) in [5.74, 6) is 1.13. The molecule has 0 saturated carbocycles. The first-order chi connectivity index (χ1) is 17.2. The molecule has 0 aliphatic carbocycles. The molecule has 1 fully saturated rings. The smallest absolute Gasteiger partial charge is 0.254 e. The van der Waals surface area contributed by atoms with E-state index in [-0.39, 0.29) is 5.91 Å². The van der Waals surface area contributed by atoms with Gasteiger partial charge in [0.05, 0.1) is 23.4 Å². The Morgan fingerprint density at radius 3 is 2.49 bits per heavy atom. The normalized spacial score (nSPS) is 14.3. The van der Waals surface area contributed by atoms with E-state index in [1.54, 1.807) is 6.20 Å². The Labute approximate surface area is 205 Å². The van der Waals surface area contributed by atoms with E-state index in [1.807, 2.05) is 83.8 Å². The molecule has 6 nitrogen and oxygen atoms in total. The summed E-state index contributed by atoms with van der Waals surface area (Å²) in [5, 5.41) is 9.00. The summed E-state index contributed by atoms with van der Waals surface area (Å²) in [6, 6.07) is 27.2. The number of nitriles is 1. The zero-order valence-corrected chi connectivity index (χ0v) is 19.4. The van der Waals surface area contributed by atoms with Crippen LogP contribution in [-0.4, -0.2) is 46.9 Å². The predicted octanol–water partition coefficient (Wildman–Crippen LogP) is 5.23. The third-order valence-electron chi connectivity index (χ3n) is 6.32. The monoisotopic (exact) mass is 462 g/mol. The lowest BCUT2D eigenvalue weighted by Gasteiger charge is -2.23. The van der Waals surface area contributed by atoms with Gasteiger partial charge in [0.2, 0.25) is 5.89 Å². The minimum atomic E-state index is 0.000263. The Morgan fingerprint density at radius 1 is 0.914 bits per heavy atom. The highest BCUT2D eigenvalue weighted by molar-refractivity contribution is 6.00. The van der Waals surface area contributed by atoms with Crippen molar-refractivity contribution in [3.63, 3.8) is 0 Å². The quantitative estimate of drug-likeness (QED) is 0.406. The van der Waals surface area contributed by atoms with Gasteiger partial charge >= 0.3 is 0 Å². The molecule has 0 spiro atoms. The number of rotatable bonds is 5. The molecule has 0 N–H and O–H groups in total. The maximum atomic E-state index is 13.6. The van der Waals surface area contributed by atoms with Crippen molar-refractivity contribution in [1.82, 2.24) is 14.8 Å². The first-order valence-corrected chi connectivity index (χ1v) is 11.8. The van der Waals surface area contributed by atoms with E-state index in [4.69, 9.17) is 9.68 Å². The van der Waals surface area contributed by atoms with E-state index in [1.165, 1.54) is 5.56 Å². The Morgan fingerprint density at radius 2 is 1.69 bits per heavy atom. The van der Waals surface area contributed by atoms with Crippen molar-refractivity contribution in [3.8, 4) is 28.8 Å². The summed E-state index contributed by atoms with van der Waals surface area (Å²) in [6.45, 7) is 3.89. The van der Waals surface area contributed by atoms with Crippen LogP contribution in [0.3, 0.4) is 0 Å². The van der Waals surface area contributed by atoms with Gasteiger partial charge in [0.25, 0.3) is 5.91 Å². The molecule has 35 heavy (non-hydrogen) atoms. The summed E-state index contributed by atoms with van der Waals surface area (Å²) in [7, 11) is 0. The van der Waals surface area contributed by atoms with Crippen LogP contribution in [0.4, 0.5) is 0 Å².